The summed E-state index contributed by atoms with van der Waals surface area (Å²) in [5.74, 6) is -0.544. The van der Waals surface area contributed by atoms with Crippen molar-refractivity contribution >= 4 is 34.2 Å². The minimum atomic E-state index is -0.546. The van der Waals surface area contributed by atoms with Crippen LogP contribution < -0.4 is 21.9 Å². The van der Waals surface area contributed by atoms with E-state index >= 15 is 0 Å². The number of hydrogen-bond donors (Lipinski definition) is 2. The quantitative estimate of drug-likeness (QED) is 0.403. The van der Waals surface area contributed by atoms with Crippen LogP contribution in [-0.4, -0.2) is 36.6 Å². The van der Waals surface area contributed by atoms with Crippen LogP contribution in [0.5, 0.6) is 0 Å². The van der Waals surface area contributed by atoms with Gasteiger partial charge in [-0.1, -0.05) is 37.3 Å². The number of aromatic nitrogens is 4. The fourth-order valence-corrected chi connectivity index (χ4v) is 4.06. The van der Waals surface area contributed by atoms with E-state index in [0.717, 1.165) is 16.7 Å². The standard InChI is InChI=1S/C25H28N6O4/c1-4-17-9-5-7-11-19(17)27-22(33)15-30-25(35)31-20-12-8-6-10-18(20)23(34)29(24(31)28-30)14-13-21(32)26-16(2)3/h5-12,16H,4,13-15H2,1-3H3,(H,26,32)(H,27,33). The smallest absolute Gasteiger partial charge is 0.352 e. The zero-order valence-electron chi connectivity index (χ0n) is 19.9. The number of para-hydroxylation sites is 2. The molecule has 2 aromatic heterocycles. The zero-order chi connectivity index (χ0) is 25.1. The zero-order valence-corrected chi connectivity index (χ0v) is 19.9. The molecule has 10 nitrogen and oxygen atoms in total. The molecule has 0 aliphatic heterocycles. The summed E-state index contributed by atoms with van der Waals surface area (Å²) in [6.07, 6.45) is 0.787. The summed E-state index contributed by atoms with van der Waals surface area (Å²) >= 11 is 0. The van der Waals surface area contributed by atoms with Crippen molar-refractivity contribution in [2.45, 2.75) is 52.7 Å². The Bertz CT molecular complexity index is 1530. The van der Waals surface area contributed by atoms with Gasteiger partial charge in [0.15, 0.2) is 0 Å². The molecule has 4 aromatic rings. The second-order valence-electron chi connectivity index (χ2n) is 8.58. The minimum absolute atomic E-state index is 0.0333. The van der Waals surface area contributed by atoms with Gasteiger partial charge in [-0.25, -0.2) is 13.9 Å². The molecule has 2 amide bonds. The molecule has 0 aliphatic rings. The molecule has 2 heterocycles. The molecule has 2 aromatic carbocycles. The molecule has 2 N–H and O–H groups in total. The van der Waals surface area contributed by atoms with Crippen LogP contribution in [0.4, 0.5) is 5.69 Å². The number of carbonyl (C=O) groups excluding carboxylic acids is 2. The van der Waals surface area contributed by atoms with E-state index in [0.29, 0.717) is 16.6 Å². The molecule has 4 rings (SSSR count). The molecule has 0 atom stereocenters. The lowest BCUT2D eigenvalue weighted by Gasteiger charge is -2.11. The van der Waals surface area contributed by atoms with Crippen LogP contribution in [0.1, 0.15) is 32.8 Å². The summed E-state index contributed by atoms with van der Waals surface area (Å²) < 4.78 is 3.66. The summed E-state index contributed by atoms with van der Waals surface area (Å²) in [5.41, 5.74) is 1.14. The van der Waals surface area contributed by atoms with Crippen LogP contribution in [0.2, 0.25) is 0 Å². The van der Waals surface area contributed by atoms with Gasteiger partial charge in [0, 0.05) is 24.7 Å². The topological polar surface area (TPSA) is 120 Å². The highest BCUT2D eigenvalue weighted by Crippen LogP contribution is 2.15. The van der Waals surface area contributed by atoms with Crippen molar-refractivity contribution in [3.05, 3.63) is 74.9 Å². The lowest BCUT2D eigenvalue weighted by atomic mass is 10.1. The second kappa shape index (κ2) is 9.96. The van der Waals surface area contributed by atoms with Gasteiger partial charge < -0.3 is 10.6 Å². The number of anilines is 1. The molecule has 0 spiro atoms. The molecule has 0 unspecified atom stereocenters. The van der Waals surface area contributed by atoms with Crippen molar-refractivity contribution < 1.29 is 9.59 Å². The summed E-state index contributed by atoms with van der Waals surface area (Å²) in [6, 6.07) is 14.1. The van der Waals surface area contributed by atoms with Gasteiger partial charge in [0.05, 0.1) is 10.9 Å². The average molecular weight is 477 g/mol. The third kappa shape index (κ3) is 4.86. The first-order chi connectivity index (χ1) is 16.8. The highest BCUT2D eigenvalue weighted by atomic mass is 16.2. The minimum Gasteiger partial charge on any atom is -0.354 e. The fraction of sp³-hybridized carbons (Fsp3) is 0.320. The highest BCUT2D eigenvalue weighted by Gasteiger charge is 2.19. The lowest BCUT2D eigenvalue weighted by molar-refractivity contribution is -0.121. The molecule has 35 heavy (non-hydrogen) atoms. The average Bonchev–Trinajstić information content (AvgIpc) is 3.14. The maximum Gasteiger partial charge on any atom is 0.352 e. The van der Waals surface area contributed by atoms with Gasteiger partial charge in [-0.2, -0.15) is 0 Å². The Morgan fingerprint density at radius 2 is 1.71 bits per heavy atom. The van der Waals surface area contributed by atoms with Crippen molar-refractivity contribution in [2.75, 3.05) is 5.32 Å². The van der Waals surface area contributed by atoms with E-state index in [4.69, 9.17) is 0 Å². The van der Waals surface area contributed by atoms with Crippen LogP contribution in [0.3, 0.4) is 0 Å². The first-order valence-electron chi connectivity index (χ1n) is 11.6. The number of nitrogens with zero attached hydrogens (tertiary/aromatic N) is 4. The molecule has 10 heteroatoms. The van der Waals surface area contributed by atoms with Crippen molar-refractivity contribution in [1.82, 2.24) is 24.1 Å². The molecule has 0 saturated heterocycles. The van der Waals surface area contributed by atoms with Crippen molar-refractivity contribution in [1.29, 1.82) is 0 Å². The number of hydrogen-bond acceptors (Lipinski definition) is 5. The van der Waals surface area contributed by atoms with E-state index < -0.39 is 11.6 Å². The van der Waals surface area contributed by atoms with Crippen LogP contribution in [-0.2, 0) is 29.1 Å². The molecule has 0 bridgehead atoms. The lowest BCUT2D eigenvalue weighted by Crippen LogP contribution is -2.33. The maximum absolute atomic E-state index is 13.3. The van der Waals surface area contributed by atoms with Gasteiger partial charge >= 0.3 is 5.69 Å². The number of carbonyl (C=O) groups is 2. The van der Waals surface area contributed by atoms with Gasteiger partial charge in [-0.15, -0.1) is 5.10 Å². The van der Waals surface area contributed by atoms with E-state index in [9.17, 15) is 19.2 Å². The molecular formula is C25H28N6O4. The predicted octanol–water partition coefficient (Wildman–Crippen LogP) is 1.93. The number of nitrogens with one attached hydrogen (secondary N) is 2. The Hall–Kier alpha value is -4.21. The van der Waals surface area contributed by atoms with Crippen LogP contribution in [0.25, 0.3) is 16.7 Å². The van der Waals surface area contributed by atoms with E-state index in [1.54, 1.807) is 30.3 Å². The number of amides is 2. The summed E-state index contributed by atoms with van der Waals surface area (Å²) in [6.45, 7) is 5.41. The third-order valence-electron chi connectivity index (χ3n) is 5.66. The van der Waals surface area contributed by atoms with Crippen molar-refractivity contribution in [3.8, 4) is 0 Å². The Labute approximate surface area is 201 Å². The van der Waals surface area contributed by atoms with Gasteiger partial charge in [-0.3, -0.25) is 19.0 Å². The van der Waals surface area contributed by atoms with Crippen molar-refractivity contribution in [2.24, 2.45) is 0 Å². The molecule has 182 valence electrons. The summed E-state index contributed by atoms with van der Waals surface area (Å²) in [7, 11) is 0. The monoisotopic (exact) mass is 476 g/mol. The van der Waals surface area contributed by atoms with Gasteiger partial charge in [0.1, 0.15) is 6.54 Å². The Morgan fingerprint density at radius 3 is 2.46 bits per heavy atom. The largest absolute Gasteiger partial charge is 0.354 e. The number of fused-ring (bicyclic) bond motifs is 3. The van der Waals surface area contributed by atoms with Crippen LogP contribution in [0.15, 0.2) is 58.1 Å². The van der Waals surface area contributed by atoms with E-state index in [1.807, 2.05) is 39.0 Å². The van der Waals surface area contributed by atoms with Crippen LogP contribution in [0, 0.1) is 0 Å². The van der Waals surface area contributed by atoms with Gasteiger partial charge in [-0.05, 0) is 44.0 Å². The fourth-order valence-electron chi connectivity index (χ4n) is 4.06. The first-order valence-corrected chi connectivity index (χ1v) is 11.6. The van der Waals surface area contributed by atoms with Crippen molar-refractivity contribution in [3.63, 3.8) is 0 Å². The molecule has 0 radical (unpaired) electrons. The Balaban J connectivity index is 1.73. The Morgan fingerprint density at radius 1 is 1.00 bits per heavy atom. The Kier molecular flexibility index (Phi) is 6.81. The van der Waals surface area contributed by atoms with Crippen LogP contribution >= 0.6 is 0 Å². The third-order valence-corrected chi connectivity index (χ3v) is 5.66. The second-order valence-corrected chi connectivity index (χ2v) is 8.58. The number of benzene rings is 2. The highest BCUT2D eigenvalue weighted by molar-refractivity contribution is 5.91. The summed E-state index contributed by atoms with van der Waals surface area (Å²) in [4.78, 5) is 51.5. The number of rotatable bonds is 8. The van der Waals surface area contributed by atoms with E-state index in [2.05, 4.69) is 15.7 Å². The first kappa shape index (κ1) is 23.9. The normalized spacial score (nSPS) is 11.3. The molecule has 0 aliphatic carbocycles. The predicted molar refractivity (Wildman–Crippen MR) is 134 cm³/mol. The SMILES string of the molecule is CCc1ccccc1NC(=O)Cn1nc2n(CCC(=O)NC(C)C)c(=O)c3ccccc3n2c1=O. The van der Waals surface area contributed by atoms with E-state index in [1.165, 1.54) is 8.97 Å². The number of aryl methyl sites for hydroxylation is 2. The summed E-state index contributed by atoms with van der Waals surface area (Å²) in [5, 5.41) is 10.3. The molecule has 0 saturated carbocycles. The molecular weight excluding hydrogens is 448 g/mol. The maximum atomic E-state index is 13.3. The van der Waals surface area contributed by atoms with Gasteiger partial charge in [0.25, 0.3) is 5.56 Å². The van der Waals surface area contributed by atoms with Gasteiger partial charge in [0.2, 0.25) is 17.6 Å². The molecule has 0 fully saturated rings. The van der Waals surface area contributed by atoms with E-state index in [-0.39, 0.29) is 42.8 Å².